The van der Waals surface area contributed by atoms with E-state index in [4.69, 9.17) is 9.97 Å². The molecule has 7 heteroatoms. The Labute approximate surface area is 200 Å². The molecule has 3 aromatic heterocycles. The van der Waals surface area contributed by atoms with Gasteiger partial charge in [0.1, 0.15) is 5.65 Å². The average molecular weight is 454 g/mol. The molecule has 4 heterocycles. The Morgan fingerprint density at radius 2 is 1.76 bits per heavy atom. The molecule has 0 atom stereocenters. The maximum absolute atomic E-state index is 5.13. The van der Waals surface area contributed by atoms with Gasteiger partial charge in [-0.25, -0.2) is 15.0 Å². The summed E-state index contributed by atoms with van der Waals surface area (Å²) in [6, 6.07) is 15.4. The van der Waals surface area contributed by atoms with E-state index in [1.165, 1.54) is 24.0 Å². The van der Waals surface area contributed by atoms with Gasteiger partial charge in [-0.05, 0) is 55.1 Å². The van der Waals surface area contributed by atoms with Gasteiger partial charge in [0.25, 0.3) is 0 Å². The monoisotopic (exact) mass is 453 g/mol. The van der Waals surface area contributed by atoms with E-state index < -0.39 is 0 Å². The molecule has 0 bridgehead atoms. The number of benzene rings is 1. The number of pyridine rings is 1. The van der Waals surface area contributed by atoms with E-state index in [1.54, 1.807) is 6.20 Å². The van der Waals surface area contributed by atoms with Crippen LogP contribution in [0.1, 0.15) is 29.9 Å². The van der Waals surface area contributed by atoms with E-state index in [9.17, 15) is 0 Å². The first-order valence-electron chi connectivity index (χ1n) is 12.2. The number of anilines is 1. The second-order valence-electron chi connectivity index (χ2n) is 9.56. The lowest BCUT2D eigenvalue weighted by Crippen LogP contribution is -2.43. The van der Waals surface area contributed by atoms with Crippen LogP contribution in [0.25, 0.3) is 28.3 Å². The first kappa shape index (κ1) is 21.3. The summed E-state index contributed by atoms with van der Waals surface area (Å²) in [5.74, 6) is 1.35. The lowest BCUT2D eigenvalue weighted by atomic mass is 10.0. The Bertz CT molecular complexity index is 1300. The van der Waals surface area contributed by atoms with Crippen LogP contribution in [0.15, 0.2) is 54.9 Å². The van der Waals surface area contributed by atoms with Crippen molar-refractivity contribution in [3.05, 3.63) is 66.0 Å². The molecule has 1 N–H and O–H groups in total. The quantitative estimate of drug-likeness (QED) is 0.474. The number of fused-ring (bicyclic) bond motifs is 1. The predicted octanol–water partition coefficient (Wildman–Crippen LogP) is 4.12. The molecule has 2 aliphatic rings. The van der Waals surface area contributed by atoms with Crippen LogP contribution in [0, 0.1) is 0 Å². The van der Waals surface area contributed by atoms with Gasteiger partial charge in [-0.3, -0.25) is 9.30 Å². The van der Waals surface area contributed by atoms with Crippen molar-refractivity contribution in [1.29, 1.82) is 0 Å². The molecule has 7 nitrogen and oxygen atoms in total. The number of nitrogens with one attached hydrogen (secondary N) is 1. The molecule has 6 rings (SSSR count). The second kappa shape index (κ2) is 8.81. The maximum Gasteiger partial charge on any atom is 0.222 e. The van der Waals surface area contributed by atoms with E-state index in [1.807, 2.05) is 13.1 Å². The van der Waals surface area contributed by atoms with Crippen LogP contribution < -0.4 is 5.32 Å². The molecule has 0 spiro atoms. The summed E-state index contributed by atoms with van der Waals surface area (Å²) in [4.78, 5) is 19.1. The number of hydrogen-bond donors (Lipinski definition) is 1. The summed E-state index contributed by atoms with van der Waals surface area (Å²) in [5.41, 5.74) is 7.62. The highest BCUT2D eigenvalue weighted by Gasteiger charge is 2.24. The number of aromatic nitrogens is 4. The number of rotatable bonds is 6. The molecule has 0 radical (unpaired) electrons. The minimum Gasteiger partial charge on any atom is -0.357 e. The van der Waals surface area contributed by atoms with Crippen LogP contribution in [-0.2, 0) is 6.54 Å². The summed E-state index contributed by atoms with van der Waals surface area (Å²) in [7, 11) is 4.04. The van der Waals surface area contributed by atoms with Crippen molar-refractivity contribution < 1.29 is 0 Å². The average Bonchev–Trinajstić information content (AvgIpc) is 3.66. The third-order valence-corrected chi connectivity index (χ3v) is 7.05. The van der Waals surface area contributed by atoms with Gasteiger partial charge >= 0.3 is 0 Å². The zero-order valence-electron chi connectivity index (χ0n) is 19.9. The number of imidazole rings is 1. The van der Waals surface area contributed by atoms with Crippen LogP contribution in [0.5, 0.6) is 0 Å². The van der Waals surface area contributed by atoms with Crippen LogP contribution >= 0.6 is 0 Å². The normalized spacial score (nSPS) is 17.4. The Hall–Kier alpha value is -3.29. The van der Waals surface area contributed by atoms with E-state index >= 15 is 0 Å². The van der Waals surface area contributed by atoms with Crippen LogP contribution in [0.2, 0.25) is 0 Å². The van der Waals surface area contributed by atoms with Crippen molar-refractivity contribution in [2.24, 2.45) is 0 Å². The highest BCUT2D eigenvalue weighted by molar-refractivity contribution is 5.81. The smallest absolute Gasteiger partial charge is 0.222 e. The molecule has 1 aliphatic heterocycles. The topological polar surface area (TPSA) is 61.6 Å². The number of likely N-dealkylation sites (N-methyl/N-ethyl adjacent to an activating group) is 1. The van der Waals surface area contributed by atoms with Crippen molar-refractivity contribution in [2.75, 3.05) is 45.6 Å². The first-order valence-corrected chi connectivity index (χ1v) is 12.2. The fourth-order valence-corrected chi connectivity index (χ4v) is 4.84. The molecular weight excluding hydrogens is 422 g/mol. The fourth-order valence-electron chi connectivity index (χ4n) is 4.84. The summed E-state index contributed by atoms with van der Waals surface area (Å²) < 4.78 is 2.17. The van der Waals surface area contributed by atoms with E-state index in [0.717, 1.165) is 66.9 Å². The highest BCUT2D eigenvalue weighted by Crippen LogP contribution is 2.41. The van der Waals surface area contributed by atoms with Crippen molar-refractivity contribution in [1.82, 2.24) is 29.2 Å². The van der Waals surface area contributed by atoms with Gasteiger partial charge < -0.3 is 10.2 Å². The number of nitrogens with zero attached hydrogens (tertiary/aromatic N) is 6. The molecule has 1 saturated heterocycles. The maximum atomic E-state index is 5.13. The molecular formula is C27H31N7. The fraction of sp³-hybridized carbons (Fsp3) is 0.370. The van der Waals surface area contributed by atoms with E-state index in [2.05, 4.69) is 74.1 Å². The first-order chi connectivity index (χ1) is 16.7. The summed E-state index contributed by atoms with van der Waals surface area (Å²) >= 11 is 0. The van der Waals surface area contributed by atoms with Crippen molar-refractivity contribution in [2.45, 2.75) is 25.3 Å². The van der Waals surface area contributed by atoms with Gasteiger partial charge in [-0.1, -0.05) is 24.3 Å². The molecule has 1 aromatic carbocycles. The molecule has 0 unspecified atom stereocenters. The Morgan fingerprint density at radius 3 is 2.50 bits per heavy atom. The van der Waals surface area contributed by atoms with Crippen LogP contribution in [-0.4, -0.2) is 69.4 Å². The molecule has 2 fully saturated rings. The zero-order chi connectivity index (χ0) is 23.1. The van der Waals surface area contributed by atoms with Gasteiger partial charge in [0.05, 0.1) is 17.1 Å². The van der Waals surface area contributed by atoms with Gasteiger partial charge in [0.15, 0.2) is 0 Å². The minimum absolute atomic E-state index is 0.606. The Morgan fingerprint density at radius 1 is 0.971 bits per heavy atom. The van der Waals surface area contributed by atoms with Gasteiger partial charge in [-0.2, -0.15) is 0 Å². The second-order valence-corrected chi connectivity index (χ2v) is 9.56. The van der Waals surface area contributed by atoms with E-state index in [-0.39, 0.29) is 0 Å². The lowest BCUT2D eigenvalue weighted by molar-refractivity contribution is 0.148. The molecule has 4 aromatic rings. The standard InChI is InChI=1S/C27H31N7/c1-28-27-29-11-9-23(30-27)26-25(22-7-5-21(6-8-22)20-3-4-20)31-24-17-19(10-12-34(24)26)18-33-15-13-32(2)14-16-33/h5-12,17,20H,3-4,13-16,18H2,1-2H3,(H,28,29,30). The molecule has 174 valence electrons. The predicted molar refractivity (Wildman–Crippen MR) is 136 cm³/mol. The Balaban J connectivity index is 1.41. The third kappa shape index (κ3) is 4.17. The van der Waals surface area contributed by atoms with Gasteiger partial charge in [-0.15, -0.1) is 0 Å². The minimum atomic E-state index is 0.606. The molecule has 34 heavy (non-hydrogen) atoms. The molecule has 0 amide bonds. The van der Waals surface area contributed by atoms with E-state index in [0.29, 0.717) is 5.95 Å². The number of piperazine rings is 1. The molecule has 1 saturated carbocycles. The zero-order valence-corrected chi connectivity index (χ0v) is 19.9. The SMILES string of the molecule is CNc1nccc(-c2c(-c3ccc(C4CC4)cc3)nc3cc(CN4CCN(C)CC4)ccn23)n1. The van der Waals surface area contributed by atoms with Crippen LogP contribution in [0.4, 0.5) is 5.95 Å². The van der Waals surface area contributed by atoms with Crippen molar-refractivity contribution in [3.8, 4) is 22.6 Å². The van der Waals surface area contributed by atoms with Gasteiger partial charge in [0.2, 0.25) is 5.95 Å². The number of hydrogen-bond acceptors (Lipinski definition) is 6. The van der Waals surface area contributed by atoms with Crippen LogP contribution in [0.3, 0.4) is 0 Å². The third-order valence-electron chi connectivity index (χ3n) is 7.05. The van der Waals surface area contributed by atoms with Crippen molar-refractivity contribution >= 4 is 11.6 Å². The lowest BCUT2D eigenvalue weighted by Gasteiger charge is -2.32. The summed E-state index contributed by atoms with van der Waals surface area (Å²) in [6.45, 7) is 5.41. The van der Waals surface area contributed by atoms with Crippen molar-refractivity contribution in [3.63, 3.8) is 0 Å². The van der Waals surface area contributed by atoms with Gasteiger partial charge in [0, 0.05) is 57.7 Å². The highest BCUT2D eigenvalue weighted by atomic mass is 15.2. The Kier molecular flexibility index (Phi) is 5.51. The summed E-state index contributed by atoms with van der Waals surface area (Å²) in [5, 5.41) is 3.06. The largest absolute Gasteiger partial charge is 0.357 e. The summed E-state index contributed by atoms with van der Waals surface area (Å²) in [6.07, 6.45) is 6.56. The molecule has 1 aliphatic carbocycles.